The van der Waals surface area contributed by atoms with Gasteiger partial charge in [0.2, 0.25) is 5.91 Å². The molecule has 3 aromatic rings. The number of nitrogens with one attached hydrogen (secondary N) is 1. The summed E-state index contributed by atoms with van der Waals surface area (Å²) in [5.74, 6) is -0.0925. The molecule has 138 valence electrons. The number of benzene rings is 1. The second kappa shape index (κ2) is 7.70. The molecule has 0 aliphatic carbocycles. The third-order valence-electron chi connectivity index (χ3n) is 4.63. The van der Waals surface area contributed by atoms with Crippen molar-refractivity contribution in [2.24, 2.45) is 7.05 Å². The molecule has 2 aromatic heterocycles. The smallest absolute Gasteiger partial charge is 0.291 e. The fourth-order valence-corrected chi connectivity index (χ4v) is 3.34. The summed E-state index contributed by atoms with van der Waals surface area (Å²) in [6.45, 7) is 3.09. The number of rotatable bonds is 7. The maximum absolute atomic E-state index is 12.8. The van der Waals surface area contributed by atoms with Crippen molar-refractivity contribution in [1.29, 1.82) is 0 Å². The van der Waals surface area contributed by atoms with Crippen molar-refractivity contribution in [3.8, 4) is 0 Å². The molecule has 7 heteroatoms. The highest BCUT2D eigenvalue weighted by Crippen LogP contribution is 2.30. The number of amides is 1. The molecular weight excluding hydrogens is 332 g/mol. The molecule has 0 unspecified atom stereocenters. The predicted octanol–water partition coefficient (Wildman–Crippen LogP) is 1.99. The molecule has 0 aliphatic heterocycles. The first-order valence-electron chi connectivity index (χ1n) is 8.81. The molecule has 26 heavy (non-hydrogen) atoms. The Bertz CT molecular complexity index is 990. The van der Waals surface area contributed by atoms with Gasteiger partial charge < -0.3 is 14.6 Å². The van der Waals surface area contributed by atoms with Gasteiger partial charge in [0.05, 0.1) is 11.7 Å². The first-order chi connectivity index (χ1) is 12.6. The number of fused-ring (bicyclic) bond motifs is 3. The van der Waals surface area contributed by atoms with Gasteiger partial charge in [-0.25, -0.2) is 4.68 Å². The number of para-hydroxylation sites is 1. The van der Waals surface area contributed by atoms with Crippen molar-refractivity contribution in [2.45, 2.75) is 25.8 Å². The number of aryl methyl sites for hydroxylation is 1. The zero-order valence-electron chi connectivity index (χ0n) is 15.4. The summed E-state index contributed by atoms with van der Waals surface area (Å²) in [7, 11) is 3.26. The van der Waals surface area contributed by atoms with E-state index in [1.807, 2.05) is 35.8 Å². The Balaban J connectivity index is 2.13. The maximum atomic E-state index is 12.8. The highest BCUT2D eigenvalue weighted by molar-refractivity contribution is 6.08. The molecule has 1 atom stereocenters. The van der Waals surface area contributed by atoms with E-state index in [9.17, 15) is 9.59 Å². The molecule has 0 spiro atoms. The fourth-order valence-electron chi connectivity index (χ4n) is 3.34. The monoisotopic (exact) mass is 356 g/mol. The fraction of sp³-hybridized carbons (Fsp3) is 0.421. The van der Waals surface area contributed by atoms with E-state index < -0.39 is 6.04 Å². The summed E-state index contributed by atoms with van der Waals surface area (Å²) in [5.41, 5.74) is 1.18. The van der Waals surface area contributed by atoms with Crippen LogP contribution in [-0.2, 0) is 16.6 Å². The maximum Gasteiger partial charge on any atom is 0.291 e. The van der Waals surface area contributed by atoms with Crippen LogP contribution in [0.25, 0.3) is 21.8 Å². The van der Waals surface area contributed by atoms with Crippen LogP contribution in [0.15, 0.2) is 35.3 Å². The van der Waals surface area contributed by atoms with Crippen LogP contribution in [0.1, 0.15) is 25.8 Å². The molecular formula is C19H24N4O3. The molecule has 2 heterocycles. The molecule has 0 aliphatic rings. The highest BCUT2D eigenvalue weighted by atomic mass is 16.5. The van der Waals surface area contributed by atoms with Crippen LogP contribution in [0.2, 0.25) is 0 Å². The van der Waals surface area contributed by atoms with Gasteiger partial charge in [-0.3, -0.25) is 9.59 Å². The number of carbonyl (C=O) groups excluding carboxylic acids is 1. The summed E-state index contributed by atoms with van der Waals surface area (Å²) >= 11 is 0. The number of hydrogen-bond donors (Lipinski definition) is 1. The zero-order chi connectivity index (χ0) is 18.7. The highest BCUT2D eigenvalue weighted by Gasteiger charge is 2.25. The molecule has 0 radical (unpaired) electrons. The SMILES string of the molecule is CC[C@H](C(=O)NCCCOC)n1c2ccccc2c2cnn(C)c(=O)c21. The van der Waals surface area contributed by atoms with E-state index in [4.69, 9.17) is 4.74 Å². The van der Waals surface area contributed by atoms with E-state index in [1.54, 1.807) is 20.4 Å². The van der Waals surface area contributed by atoms with Crippen LogP contribution in [0.4, 0.5) is 0 Å². The number of methoxy groups -OCH3 is 1. The van der Waals surface area contributed by atoms with E-state index >= 15 is 0 Å². The zero-order valence-corrected chi connectivity index (χ0v) is 15.4. The molecule has 3 rings (SSSR count). The van der Waals surface area contributed by atoms with Gasteiger partial charge in [-0.05, 0) is 18.9 Å². The van der Waals surface area contributed by atoms with Crippen LogP contribution < -0.4 is 10.9 Å². The lowest BCUT2D eigenvalue weighted by atomic mass is 10.2. The molecule has 1 N–H and O–H groups in total. The minimum atomic E-state index is -0.463. The van der Waals surface area contributed by atoms with Gasteiger partial charge in [-0.15, -0.1) is 0 Å². The average Bonchev–Trinajstić information content (AvgIpc) is 2.98. The number of carbonyl (C=O) groups is 1. The third kappa shape index (κ3) is 3.10. The Hall–Kier alpha value is -2.67. The second-order valence-corrected chi connectivity index (χ2v) is 6.28. The van der Waals surface area contributed by atoms with Gasteiger partial charge in [-0.2, -0.15) is 5.10 Å². The quantitative estimate of drug-likeness (QED) is 0.657. The van der Waals surface area contributed by atoms with Crippen LogP contribution in [0, 0.1) is 0 Å². The van der Waals surface area contributed by atoms with E-state index in [-0.39, 0.29) is 11.5 Å². The van der Waals surface area contributed by atoms with Crippen molar-refractivity contribution in [3.05, 3.63) is 40.8 Å². The van der Waals surface area contributed by atoms with Crippen LogP contribution in [0.3, 0.4) is 0 Å². The van der Waals surface area contributed by atoms with Crippen molar-refractivity contribution in [1.82, 2.24) is 19.7 Å². The van der Waals surface area contributed by atoms with Gasteiger partial charge in [0, 0.05) is 38.1 Å². The topological polar surface area (TPSA) is 78.2 Å². The van der Waals surface area contributed by atoms with E-state index in [2.05, 4.69) is 10.4 Å². The largest absolute Gasteiger partial charge is 0.385 e. The minimum Gasteiger partial charge on any atom is -0.385 e. The Morgan fingerprint density at radius 3 is 2.81 bits per heavy atom. The molecule has 7 nitrogen and oxygen atoms in total. The van der Waals surface area contributed by atoms with E-state index in [0.717, 1.165) is 22.7 Å². The first-order valence-corrected chi connectivity index (χ1v) is 8.81. The molecule has 0 saturated heterocycles. The van der Waals surface area contributed by atoms with E-state index in [1.165, 1.54) is 4.68 Å². The van der Waals surface area contributed by atoms with Crippen molar-refractivity contribution in [3.63, 3.8) is 0 Å². The van der Waals surface area contributed by atoms with Gasteiger partial charge in [-0.1, -0.05) is 25.1 Å². The number of hydrogen-bond acceptors (Lipinski definition) is 4. The molecule has 1 amide bonds. The summed E-state index contributed by atoms with van der Waals surface area (Å²) in [6, 6.07) is 7.28. The molecule has 0 saturated carbocycles. The average molecular weight is 356 g/mol. The molecule has 1 aromatic carbocycles. The summed E-state index contributed by atoms with van der Waals surface area (Å²) < 4.78 is 8.19. The normalized spacial score (nSPS) is 12.6. The van der Waals surface area contributed by atoms with Gasteiger partial charge in [0.25, 0.3) is 5.56 Å². The predicted molar refractivity (Wildman–Crippen MR) is 101 cm³/mol. The Morgan fingerprint density at radius 1 is 1.31 bits per heavy atom. The summed E-state index contributed by atoms with van der Waals surface area (Å²) in [4.78, 5) is 25.6. The lowest BCUT2D eigenvalue weighted by Crippen LogP contribution is -2.34. The lowest BCUT2D eigenvalue weighted by Gasteiger charge is -2.19. The van der Waals surface area contributed by atoms with Crippen LogP contribution in [0.5, 0.6) is 0 Å². The van der Waals surface area contributed by atoms with Gasteiger partial charge in [0.15, 0.2) is 0 Å². The minimum absolute atomic E-state index is 0.0925. The summed E-state index contributed by atoms with van der Waals surface area (Å²) in [5, 5.41) is 8.80. The summed E-state index contributed by atoms with van der Waals surface area (Å²) in [6.07, 6.45) is 3.02. The van der Waals surface area contributed by atoms with Crippen LogP contribution >= 0.6 is 0 Å². The second-order valence-electron chi connectivity index (χ2n) is 6.28. The van der Waals surface area contributed by atoms with Crippen molar-refractivity contribution in [2.75, 3.05) is 20.3 Å². The Morgan fingerprint density at radius 2 is 2.08 bits per heavy atom. The van der Waals surface area contributed by atoms with Crippen LogP contribution in [-0.4, -0.2) is 40.5 Å². The number of aromatic nitrogens is 3. The Labute approximate surface area is 151 Å². The molecule has 0 fully saturated rings. The van der Waals surface area contributed by atoms with Gasteiger partial charge >= 0.3 is 0 Å². The van der Waals surface area contributed by atoms with Gasteiger partial charge in [0.1, 0.15) is 11.6 Å². The Kier molecular flexibility index (Phi) is 5.37. The van der Waals surface area contributed by atoms with E-state index in [0.29, 0.717) is 25.1 Å². The van der Waals surface area contributed by atoms with Crippen molar-refractivity contribution >= 4 is 27.7 Å². The number of ether oxygens (including phenoxy) is 1. The standard InChI is InChI=1S/C19H24N4O3/c1-4-15(18(24)20-10-7-11-26-3)23-16-9-6-5-8-13(16)14-12-21-22(2)19(25)17(14)23/h5-6,8-9,12,15H,4,7,10-11H2,1-3H3,(H,20,24)/t15-/m1/s1. The lowest BCUT2D eigenvalue weighted by molar-refractivity contribution is -0.124. The first kappa shape index (κ1) is 18.1. The number of nitrogens with zero attached hydrogens (tertiary/aromatic N) is 3. The van der Waals surface area contributed by atoms with Crippen molar-refractivity contribution < 1.29 is 9.53 Å². The molecule has 0 bridgehead atoms. The third-order valence-corrected chi connectivity index (χ3v) is 4.63.